The molecule has 0 atom stereocenters. The highest BCUT2D eigenvalue weighted by Gasteiger charge is 2.37. The molecule has 0 unspecified atom stereocenters. The molecule has 0 aliphatic heterocycles. The summed E-state index contributed by atoms with van der Waals surface area (Å²) < 4.78 is 3.58. The first-order valence-electron chi connectivity index (χ1n) is 12.1. The van der Waals surface area contributed by atoms with E-state index in [-0.39, 0.29) is 5.41 Å². The Kier molecular flexibility index (Phi) is 3.64. The van der Waals surface area contributed by atoms with Crippen molar-refractivity contribution < 1.29 is 0 Å². The van der Waals surface area contributed by atoms with E-state index < -0.39 is 0 Å². The largest absolute Gasteiger partial charge is 0.285 e. The van der Waals surface area contributed by atoms with Crippen molar-refractivity contribution in [1.82, 2.24) is 9.55 Å². The first-order chi connectivity index (χ1) is 17.1. The highest BCUT2D eigenvalue weighted by molar-refractivity contribution is 7.20. The zero-order valence-electron chi connectivity index (χ0n) is 19.5. The number of aromatic nitrogens is 2. The molecule has 1 aliphatic rings. The van der Waals surface area contributed by atoms with Crippen LogP contribution in [0.1, 0.15) is 25.0 Å². The predicted molar refractivity (Wildman–Crippen MR) is 149 cm³/mol. The average molecular weight is 467 g/mol. The minimum absolute atomic E-state index is 0.0536. The van der Waals surface area contributed by atoms with E-state index in [1.54, 1.807) is 11.3 Å². The number of fused-ring (bicyclic) bond motifs is 9. The number of para-hydroxylation sites is 2. The van der Waals surface area contributed by atoms with Crippen LogP contribution in [0.5, 0.6) is 0 Å². The Hall–Kier alpha value is -3.95. The third-order valence-electron chi connectivity index (χ3n) is 7.83. The zero-order valence-corrected chi connectivity index (χ0v) is 20.4. The lowest BCUT2D eigenvalue weighted by Crippen LogP contribution is -2.14. The predicted octanol–water partition coefficient (Wildman–Crippen LogP) is 8.85. The molecule has 3 heteroatoms. The fraction of sp³-hybridized carbons (Fsp3) is 0.0938. The van der Waals surface area contributed by atoms with Gasteiger partial charge in [0.15, 0.2) is 5.13 Å². The van der Waals surface area contributed by atoms with Crippen molar-refractivity contribution in [2.24, 2.45) is 0 Å². The van der Waals surface area contributed by atoms with Crippen LogP contribution in [0.4, 0.5) is 0 Å². The molecule has 8 rings (SSSR count). The molecule has 0 N–H and O–H groups in total. The van der Waals surface area contributed by atoms with Crippen LogP contribution in [0.2, 0.25) is 0 Å². The van der Waals surface area contributed by atoms with Crippen molar-refractivity contribution in [1.29, 1.82) is 0 Å². The lowest BCUT2D eigenvalue weighted by molar-refractivity contribution is 0.661. The molecule has 35 heavy (non-hydrogen) atoms. The maximum Gasteiger partial charge on any atom is 0.195 e. The smallest absolute Gasteiger partial charge is 0.195 e. The van der Waals surface area contributed by atoms with Gasteiger partial charge in [-0.15, -0.1) is 0 Å². The maximum atomic E-state index is 5.05. The summed E-state index contributed by atoms with van der Waals surface area (Å²) in [6.07, 6.45) is 0. The third-order valence-corrected chi connectivity index (χ3v) is 8.85. The van der Waals surface area contributed by atoms with Gasteiger partial charge in [0.1, 0.15) is 0 Å². The Morgan fingerprint density at radius 1 is 0.686 bits per heavy atom. The van der Waals surface area contributed by atoms with Crippen molar-refractivity contribution in [2.45, 2.75) is 19.3 Å². The molecule has 0 amide bonds. The number of hydrogen-bond acceptors (Lipinski definition) is 2. The molecule has 0 spiro atoms. The summed E-state index contributed by atoms with van der Waals surface area (Å²) in [5, 5.41) is 6.22. The summed E-state index contributed by atoms with van der Waals surface area (Å²) in [7, 11) is 0. The van der Waals surface area contributed by atoms with Gasteiger partial charge in [-0.1, -0.05) is 91.9 Å². The molecule has 7 aromatic rings. The van der Waals surface area contributed by atoms with Crippen molar-refractivity contribution in [3.05, 3.63) is 108 Å². The normalized spacial score (nSPS) is 14.2. The lowest BCUT2D eigenvalue weighted by atomic mass is 9.81. The van der Waals surface area contributed by atoms with E-state index in [0.29, 0.717) is 0 Å². The second kappa shape index (κ2) is 6.59. The van der Waals surface area contributed by atoms with Gasteiger partial charge in [-0.05, 0) is 63.4 Å². The lowest BCUT2D eigenvalue weighted by Gasteiger charge is -2.21. The minimum Gasteiger partial charge on any atom is -0.285 e. The molecule has 2 aromatic heterocycles. The van der Waals surface area contributed by atoms with Gasteiger partial charge in [-0.3, -0.25) is 4.57 Å². The van der Waals surface area contributed by atoms with E-state index in [9.17, 15) is 0 Å². The molecular formula is C32H22N2S. The average Bonchev–Trinajstić information content (AvgIpc) is 3.51. The topological polar surface area (TPSA) is 17.8 Å². The Morgan fingerprint density at radius 3 is 2.34 bits per heavy atom. The van der Waals surface area contributed by atoms with Gasteiger partial charge in [-0.25, -0.2) is 4.98 Å². The van der Waals surface area contributed by atoms with E-state index in [1.807, 2.05) is 0 Å². The molecule has 0 saturated carbocycles. The monoisotopic (exact) mass is 466 g/mol. The Balaban J connectivity index is 1.54. The van der Waals surface area contributed by atoms with Crippen molar-refractivity contribution in [3.63, 3.8) is 0 Å². The fourth-order valence-electron chi connectivity index (χ4n) is 6.13. The van der Waals surface area contributed by atoms with E-state index >= 15 is 0 Å². The van der Waals surface area contributed by atoms with Gasteiger partial charge < -0.3 is 0 Å². The summed E-state index contributed by atoms with van der Waals surface area (Å²) in [5.74, 6) is 0. The third kappa shape index (κ3) is 2.46. The summed E-state index contributed by atoms with van der Waals surface area (Å²) in [4.78, 5) is 5.05. The van der Waals surface area contributed by atoms with Gasteiger partial charge in [-0.2, -0.15) is 0 Å². The van der Waals surface area contributed by atoms with Gasteiger partial charge in [0.05, 0.1) is 21.3 Å². The molecule has 0 radical (unpaired) electrons. The van der Waals surface area contributed by atoms with E-state index in [2.05, 4.69) is 115 Å². The number of nitrogens with zero attached hydrogens (tertiary/aromatic N) is 2. The molecule has 5 aromatic carbocycles. The van der Waals surface area contributed by atoms with Gasteiger partial charge >= 0.3 is 0 Å². The van der Waals surface area contributed by atoms with Crippen LogP contribution >= 0.6 is 11.3 Å². The van der Waals surface area contributed by atoms with Crippen LogP contribution in [-0.2, 0) is 5.41 Å². The van der Waals surface area contributed by atoms with Crippen LogP contribution in [0.25, 0.3) is 59.1 Å². The summed E-state index contributed by atoms with van der Waals surface area (Å²) in [5.41, 5.74) is 8.98. The first-order valence-corrected chi connectivity index (χ1v) is 12.9. The zero-order chi connectivity index (χ0) is 23.3. The first kappa shape index (κ1) is 19.4. The van der Waals surface area contributed by atoms with Crippen LogP contribution in [-0.4, -0.2) is 9.55 Å². The van der Waals surface area contributed by atoms with Gasteiger partial charge in [0.25, 0.3) is 0 Å². The van der Waals surface area contributed by atoms with E-state index in [4.69, 9.17) is 4.98 Å². The highest BCUT2D eigenvalue weighted by atomic mass is 32.1. The number of hydrogen-bond donors (Lipinski definition) is 0. The van der Waals surface area contributed by atoms with Gasteiger partial charge in [0.2, 0.25) is 0 Å². The summed E-state index contributed by atoms with van der Waals surface area (Å²) in [6, 6.07) is 35.4. The molecule has 2 heterocycles. The molecule has 166 valence electrons. The quantitative estimate of drug-likeness (QED) is 0.236. The van der Waals surface area contributed by atoms with Crippen LogP contribution in [0, 0.1) is 0 Å². The molecular weight excluding hydrogens is 444 g/mol. The van der Waals surface area contributed by atoms with Crippen LogP contribution in [0.15, 0.2) is 97.1 Å². The molecule has 2 nitrogen and oxygen atoms in total. The molecule has 0 fully saturated rings. The number of benzene rings is 5. The second-order valence-electron chi connectivity index (χ2n) is 10.1. The van der Waals surface area contributed by atoms with E-state index in [0.717, 1.165) is 10.6 Å². The van der Waals surface area contributed by atoms with Gasteiger partial charge in [0, 0.05) is 16.2 Å². The molecule has 0 saturated heterocycles. The standard InChI is InChI=1S/C32H22N2S/c1-32(2)24-16-15-19-9-3-4-10-20(19)30(24)23-18-28-22(17-25(23)32)21-11-5-7-13-27(21)34(28)31-33-26-12-6-8-14-29(26)35-31/h3-18H,1-2H3. The van der Waals surface area contributed by atoms with Crippen molar-refractivity contribution >= 4 is 54.1 Å². The Morgan fingerprint density at radius 2 is 1.46 bits per heavy atom. The summed E-state index contributed by atoms with van der Waals surface area (Å²) >= 11 is 1.76. The van der Waals surface area contributed by atoms with Crippen LogP contribution in [0.3, 0.4) is 0 Å². The number of thiazole rings is 1. The Labute approximate surface area is 207 Å². The van der Waals surface area contributed by atoms with Crippen molar-refractivity contribution in [3.8, 4) is 16.3 Å². The van der Waals surface area contributed by atoms with E-state index in [1.165, 1.54) is 59.5 Å². The SMILES string of the molecule is CC1(C)c2cc3c4ccccc4n(-c4nc5ccccc5s4)c3cc2-c2c1ccc1ccccc21. The fourth-order valence-corrected chi connectivity index (χ4v) is 7.12. The number of rotatable bonds is 1. The molecule has 0 bridgehead atoms. The summed E-state index contributed by atoms with van der Waals surface area (Å²) in [6.45, 7) is 4.73. The highest BCUT2D eigenvalue weighted by Crippen LogP contribution is 2.53. The van der Waals surface area contributed by atoms with Crippen LogP contribution < -0.4 is 0 Å². The Bertz CT molecular complexity index is 1950. The van der Waals surface area contributed by atoms with Crippen molar-refractivity contribution in [2.75, 3.05) is 0 Å². The minimum atomic E-state index is -0.0536. The second-order valence-corrected chi connectivity index (χ2v) is 11.1. The molecule has 1 aliphatic carbocycles. The maximum absolute atomic E-state index is 5.05.